The van der Waals surface area contributed by atoms with Gasteiger partial charge >= 0.3 is 24.3 Å². The molecular weight excluding hydrogens is 640 g/mol. The summed E-state index contributed by atoms with van der Waals surface area (Å²) in [6.07, 6.45) is -3.96. The van der Waals surface area contributed by atoms with E-state index in [4.69, 9.17) is 24.2 Å². The SMILES string of the molecule is Cc1nc(CN2CCC3(CN(C(=O)Cc4ccco4)CC3c3cn(C)cn3)C2=O)cs1.O=C(O)C(F)(F)F.O=C(O)C(F)(F)F. The first-order chi connectivity index (χ1) is 20.8. The average Bonchev–Trinajstić information content (AvgIpc) is 3.76. The van der Waals surface area contributed by atoms with Gasteiger partial charge in [-0.3, -0.25) is 9.59 Å². The van der Waals surface area contributed by atoms with Gasteiger partial charge in [0.25, 0.3) is 0 Å². The molecule has 0 radical (unpaired) electrons. The van der Waals surface area contributed by atoms with E-state index in [2.05, 4.69) is 9.97 Å². The summed E-state index contributed by atoms with van der Waals surface area (Å²) in [7, 11) is 1.92. The maximum atomic E-state index is 13.7. The molecule has 19 heteroatoms. The van der Waals surface area contributed by atoms with Crippen LogP contribution in [0, 0.1) is 12.3 Å². The number of alkyl halides is 6. The number of carbonyl (C=O) groups is 4. The lowest BCUT2D eigenvalue weighted by molar-refractivity contribution is -0.193. The van der Waals surface area contributed by atoms with E-state index in [0.29, 0.717) is 38.4 Å². The fourth-order valence-corrected chi connectivity index (χ4v) is 5.52. The number of imidazole rings is 1. The normalized spacial score (nSPS) is 19.6. The molecule has 2 amide bonds. The van der Waals surface area contributed by atoms with Crippen LogP contribution < -0.4 is 0 Å². The lowest BCUT2D eigenvalue weighted by atomic mass is 9.75. The van der Waals surface area contributed by atoms with E-state index in [1.807, 2.05) is 39.9 Å². The number of hydrogen-bond acceptors (Lipinski definition) is 8. The molecule has 2 unspecified atom stereocenters. The zero-order chi connectivity index (χ0) is 33.7. The number of rotatable bonds is 5. The molecule has 5 rings (SSSR count). The Morgan fingerprint density at radius 2 is 1.76 bits per heavy atom. The van der Waals surface area contributed by atoms with Crippen LogP contribution in [0.4, 0.5) is 26.3 Å². The highest BCUT2D eigenvalue weighted by Crippen LogP contribution is 2.50. The van der Waals surface area contributed by atoms with Crippen LogP contribution in [0.2, 0.25) is 0 Å². The fourth-order valence-electron chi connectivity index (χ4n) is 4.92. The zero-order valence-corrected chi connectivity index (χ0v) is 24.4. The van der Waals surface area contributed by atoms with Gasteiger partial charge in [0.1, 0.15) is 5.76 Å². The van der Waals surface area contributed by atoms with Crippen LogP contribution in [0.3, 0.4) is 0 Å². The minimum absolute atomic E-state index is 0.0193. The molecule has 12 nitrogen and oxygen atoms in total. The third kappa shape index (κ3) is 8.83. The summed E-state index contributed by atoms with van der Waals surface area (Å²) < 4.78 is 70.7. The number of nitrogens with zero attached hydrogens (tertiary/aromatic N) is 5. The van der Waals surface area contributed by atoms with Crippen LogP contribution >= 0.6 is 11.3 Å². The van der Waals surface area contributed by atoms with Crippen LogP contribution in [0.15, 0.2) is 40.7 Å². The third-order valence-electron chi connectivity index (χ3n) is 6.93. The molecule has 246 valence electrons. The molecule has 45 heavy (non-hydrogen) atoms. The van der Waals surface area contributed by atoms with E-state index in [-0.39, 0.29) is 24.2 Å². The van der Waals surface area contributed by atoms with Gasteiger partial charge in [-0.25, -0.2) is 19.6 Å². The first-order valence-corrected chi connectivity index (χ1v) is 13.8. The Hall–Kier alpha value is -4.42. The van der Waals surface area contributed by atoms with Crippen molar-refractivity contribution in [2.24, 2.45) is 12.5 Å². The molecule has 0 aromatic carbocycles. The van der Waals surface area contributed by atoms with E-state index in [9.17, 15) is 35.9 Å². The monoisotopic (exact) mass is 667 g/mol. The number of halogens is 6. The lowest BCUT2D eigenvalue weighted by Gasteiger charge is -2.27. The molecule has 0 bridgehead atoms. The lowest BCUT2D eigenvalue weighted by Crippen LogP contribution is -2.40. The molecule has 2 aliphatic rings. The number of aromatic nitrogens is 3. The van der Waals surface area contributed by atoms with Crippen molar-refractivity contribution < 1.29 is 60.2 Å². The van der Waals surface area contributed by atoms with Gasteiger partial charge in [-0.05, 0) is 25.5 Å². The number of thiazole rings is 1. The van der Waals surface area contributed by atoms with Crippen molar-refractivity contribution in [2.45, 2.75) is 44.6 Å². The van der Waals surface area contributed by atoms with Gasteiger partial charge in [-0.2, -0.15) is 26.3 Å². The standard InChI is InChI=1S/C22H25N5O3S.2C2HF3O2/c1-15-24-16(12-31-15)9-26-6-5-22(21(26)29)13-27(20(28)8-17-4-3-7-30-17)10-18(22)19-11-25(2)14-23-19;2*3-2(4,5)1(6)7/h3-4,7,11-12,14,18H,5-6,8-10,13H2,1-2H3;2*(H,6,7). The molecule has 2 atom stereocenters. The van der Waals surface area contributed by atoms with Crippen molar-refractivity contribution in [3.63, 3.8) is 0 Å². The Kier molecular flexibility index (Phi) is 10.7. The van der Waals surface area contributed by atoms with Crippen molar-refractivity contribution in [3.8, 4) is 0 Å². The first kappa shape index (κ1) is 35.1. The summed E-state index contributed by atoms with van der Waals surface area (Å²) in [5.74, 6) is -4.92. The summed E-state index contributed by atoms with van der Waals surface area (Å²) >= 11 is 1.60. The highest BCUT2D eigenvalue weighted by molar-refractivity contribution is 7.09. The maximum Gasteiger partial charge on any atom is 0.490 e. The number of carboxylic acid groups (broad SMARTS) is 2. The van der Waals surface area contributed by atoms with Gasteiger partial charge in [0.2, 0.25) is 11.8 Å². The number of aliphatic carboxylic acids is 2. The molecule has 2 saturated heterocycles. The smallest absolute Gasteiger partial charge is 0.475 e. The van der Waals surface area contributed by atoms with Gasteiger partial charge in [-0.15, -0.1) is 11.3 Å². The summed E-state index contributed by atoms with van der Waals surface area (Å²) in [5.41, 5.74) is 1.15. The van der Waals surface area contributed by atoms with Crippen LogP contribution in [0.5, 0.6) is 0 Å². The molecule has 2 fully saturated rings. The number of carboxylic acids is 2. The van der Waals surface area contributed by atoms with E-state index < -0.39 is 29.7 Å². The highest BCUT2D eigenvalue weighted by atomic mass is 32.1. The van der Waals surface area contributed by atoms with Gasteiger partial charge < -0.3 is 29.0 Å². The van der Waals surface area contributed by atoms with Crippen LogP contribution in [-0.2, 0) is 39.2 Å². The van der Waals surface area contributed by atoms with Crippen LogP contribution in [0.25, 0.3) is 0 Å². The molecule has 5 heterocycles. The van der Waals surface area contributed by atoms with Crippen molar-refractivity contribution in [3.05, 3.63) is 58.5 Å². The second kappa shape index (κ2) is 13.7. The fraction of sp³-hybridized carbons (Fsp3) is 0.462. The van der Waals surface area contributed by atoms with Crippen molar-refractivity contribution >= 4 is 35.1 Å². The number of hydrogen-bond donors (Lipinski definition) is 2. The molecule has 2 aliphatic heterocycles. The summed E-state index contributed by atoms with van der Waals surface area (Å²) in [6, 6.07) is 3.58. The first-order valence-electron chi connectivity index (χ1n) is 12.9. The van der Waals surface area contributed by atoms with E-state index in [1.165, 1.54) is 0 Å². The van der Waals surface area contributed by atoms with Crippen molar-refractivity contribution in [2.75, 3.05) is 19.6 Å². The number of aryl methyl sites for hydroxylation is 2. The van der Waals surface area contributed by atoms with Gasteiger partial charge in [0.05, 0.1) is 47.4 Å². The van der Waals surface area contributed by atoms with Gasteiger partial charge in [0.15, 0.2) is 0 Å². The largest absolute Gasteiger partial charge is 0.490 e. The van der Waals surface area contributed by atoms with E-state index >= 15 is 0 Å². The molecule has 1 spiro atoms. The average molecular weight is 668 g/mol. The Labute approximate surface area is 254 Å². The number of likely N-dealkylation sites (tertiary alicyclic amines) is 2. The summed E-state index contributed by atoms with van der Waals surface area (Å²) in [6.45, 7) is 4.06. The number of amides is 2. The summed E-state index contributed by atoms with van der Waals surface area (Å²) in [4.78, 5) is 57.3. The Morgan fingerprint density at radius 3 is 2.22 bits per heavy atom. The van der Waals surface area contributed by atoms with Crippen LogP contribution in [-0.4, -0.2) is 90.3 Å². The van der Waals surface area contributed by atoms with Gasteiger partial charge in [0, 0.05) is 44.2 Å². The Bertz CT molecular complexity index is 1480. The number of furan rings is 1. The second-order valence-corrected chi connectivity index (χ2v) is 11.2. The van der Waals surface area contributed by atoms with Crippen molar-refractivity contribution in [1.29, 1.82) is 0 Å². The van der Waals surface area contributed by atoms with Crippen molar-refractivity contribution in [1.82, 2.24) is 24.3 Å². The number of carbonyl (C=O) groups excluding carboxylic acids is 2. The molecule has 0 aliphatic carbocycles. The van der Waals surface area contributed by atoms with E-state index in [0.717, 1.165) is 16.4 Å². The molecule has 3 aromatic rings. The van der Waals surface area contributed by atoms with Crippen LogP contribution in [0.1, 0.15) is 34.5 Å². The predicted molar refractivity (Wildman–Crippen MR) is 142 cm³/mol. The second-order valence-electron chi connectivity index (χ2n) is 10.1. The predicted octanol–water partition coefficient (Wildman–Crippen LogP) is 3.63. The molecular formula is C26H27F6N5O7S. The molecule has 0 saturated carbocycles. The van der Waals surface area contributed by atoms with E-state index in [1.54, 1.807) is 36.1 Å². The topological polar surface area (TPSA) is 159 Å². The maximum absolute atomic E-state index is 13.7. The Balaban J connectivity index is 0.000000331. The summed E-state index contributed by atoms with van der Waals surface area (Å²) in [5, 5.41) is 17.3. The minimum Gasteiger partial charge on any atom is -0.475 e. The zero-order valence-electron chi connectivity index (χ0n) is 23.6. The quantitative estimate of drug-likeness (QED) is 0.388. The third-order valence-corrected chi connectivity index (χ3v) is 7.75. The Morgan fingerprint density at radius 1 is 1.13 bits per heavy atom. The minimum atomic E-state index is -5.08. The molecule has 3 aromatic heterocycles. The van der Waals surface area contributed by atoms with Gasteiger partial charge in [-0.1, -0.05) is 0 Å². The highest BCUT2D eigenvalue weighted by Gasteiger charge is 2.58. The molecule has 2 N–H and O–H groups in total.